The number of carbonyl (C=O) groups is 2. The van der Waals surface area contributed by atoms with E-state index < -0.39 is 5.97 Å². The molecular weight excluding hydrogens is 328 g/mol. The highest BCUT2D eigenvalue weighted by Gasteiger charge is 2.08. The summed E-state index contributed by atoms with van der Waals surface area (Å²) in [6.07, 6.45) is 0.878. The van der Waals surface area contributed by atoms with Crippen LogP contribution in [-0.2, 0) is 28.9 Å². The van der Waals surface area contributed by atoms with E-state index in [1.807, 2.05) is 24.3 Å². The van der Waals surface area contributed by atoms with Crippen LogP contribution in [0.2, 0.25) is 0 Å². The molecule has 0 aliphatic heterocycles. The highest BCUT2D eigenvalue weighted by atomic mass is 32.1. The number of nitrogens with one attached hydrogen (secondary N) is 1. The van der Waals surface area contributed by atoms with E-state index in [0.29, 0.717) is 23.9 Å². The molecule has 0 radical (unpaired) electrons. The van der Waals surface area contributed by atoms with Crippen LogP contribution in [0.25, 0.3) is 0 Å². The number of carboxylic acids is 1. The number of carbonyl (C=O) groups excluding carboxylic acids is 2. The summed E-state index contributed by atoms with van der Waals surface area (Å²) in [5, 5.41) is 15.4. The van der Waals surface area contributed by atoms with E-state index >= 15 is 0 Å². The molecule has 0 saturated carbocycles. The number of benzene rings is 1. The quantitative estimate of drug-likeness (QED) is 0.676. The number of rotatable bonds is 9. The molecule has 24 heavy (non-hydrogen) atoms. The molecule has 2 aromatic rings. The minimum Gasteiger partial charge on any atom is -0.550 e. The van der Waals surface area contributed by atoms with Crippen molar-refractivity contribution < 1.29 is 19.4 Å². The van der Waals surface area contributed by atoms with Gasteiger partial charge in [-0.2, -0.15) is 0 Å². The lowest BCUT2D eigenvalue weighted by atomic mass is 10.2. The fourth-order valence-corrected chi connectivity index (χ4v) is 2.83. The summed E-state index contributed by atoms with van der Waals surface area (Å²) in [5.74, 6) is -0.581. The first-order chi connectivity index (χ1) is 11.6. The van der Waals surface area contributed by atoms with Crippen LogP contribution in [0.1, 0.15) is 23.2 Å². The van der Waals surface area contributed by atoms with Gasteiger partial charge in [0.05, 0.1) is 18.7 Å². The van der Waals surface area contributed by atoms with Crippen LogP contribution in [0, 0.1) is 0 Å². The Bertz CT molecular complexity index is 682. The molecule has 0 aliphatic carbocycles. The van der Waals surface area contributed by atoms with Crippen LogP contribution in [-0.4, -0.2) is 30.0 Å². The third kappa shape index (κ3) is 6.00. The zero-order chi connectivity index (χ0) is 17.4. The van der Waals surface area contributed by atoms with E-state index in [1.54, 1.807) is 5.38 Å². The largest absolute Gasteiger partial charge is 0.550 e. The fraction of sp³-hybridized carbons (Fsp3) is 0.353. The number of thiazole rings is 1. The van der Waals surface area contributed by atoms with Crippen molar-refractivity contribution in [2.75, 3.05) is 13.2 Å². The van der Waals surface area contributed by atoms with Crippen molar-refractivity contribution >= 4 is 23.2 Å². The van der Waals surface area contributed by atoms with Crippen LogP contribution < -0.4 is 15.2 Å². The molecular formula is C17H19N2O4S-. The van der Waals surface area contributed by atoms with E-state index in [4.69, 9.17) is 4.74 Å². The maximum absolute atomic E-state index is 11.8. The molecule has 0 aliphatic rings. The molecule has 6 nitrogen and oxygen atoms in total. The van der Waals surface area contributed by atoms with E-state index in [2.05, 4.69) is 17.2 Å². The molecule has 128 valence electrons. The highest BCUT2D eigenvalue weighted by molar-refractivity contribution is 7.09. The predicted molar refractivity (Wildman–Crippen MR) is 88.9 cm³/mol. The second-order valence-electron chi connectivity index (χ2n) is 5.15. The van der Waals surface area contributed by atoms with E-state index in [9.17, 15) is 14.7 Å². The highest BCUT2D eigenvalue weighted by Crippen LogP contribution is 2.12. The van der Waals surface area contributed by atoms with Gasteiger partial charge in [-0.1, -0.05) is 19.1 Å². The van der Waals surface area contributed by atoms with Crippen molar-refractivity contribution in [1.82, 2.24) is 10.3 Å². The van der Waals surface area contributed by atoms with Gasteiger partial charge in [-0.25, -0.2) is 4.98 Å². The summed E-state index contributed by atoms with van der Waals surface area (Å²) in [6, 6.07) is 7.85. The fourth-order valence-electron chi connectivity index (χ4n) is 2.04. The number of hydrogen-bond acceptors (Lipinski definition) is 6. The van der Waals surface area contributed by atoms with E-state index in [-0.39, 0.29) is 18.7 Å². The number of carboxylic acid groups (broad SMARTS) is 1. The molecule has 0 spiro atoms. The Kier molecular flexibility index (Phi) is 6.74. The van der Waals surface area contributed by atoms with Crippen LogP contribution in [0.15, 0.2) is 29.6 Å². The van der Waals surface area contributed by atoms with Crippen molar-refractivity contribution in [2.45, 2.75) is 26.2 Å². The number of aryl methyl sites for hydroxylation is 1. The van der Waals surface area contributed by atoms with Gasteiger partial charge in [-0.3, -0.25) is 4.79 Å². The van der Waals surface area contributed by atoms with Gasteiger partial charge in [0, 0.05) is 17.8 Å². The summed E-state index contributed by atoms with van der Waals surface area (Å²) in [6.45, 7) is 2.87. The normalized spacial score (nSPS) is 10.4. The van der Waals surface area contributed by atoms with E-state index in [0.717, 1.165) is 12.2 Å². The average Bonchev–Trinajstić information content (AvgIpc) is 2.98. The summed E-state index contributed by atoms with van der Waals surface area (Å²) < 4.78 is 5.55. The monoisotopic (exact) mass is 347 g/mol. The first-order valence-electron chi connectivity index (χ1n) is 7.68. The summed E-state index contributed by atoms with van der Waals surface area (Å²) in [4.78, 5) is 26.4. The summed E-state index contributed by atoms with van der Waals surface area (Å²) in [7, 11) is 0. The second kappa shape index (κ2) is 9.02. The lowest BCUT2D eigenvalue weighted by molar-refractivity contribution is -0.304. The number of nitrogens with zero attached hydrogens (tertiary/aromatic N) is 1. The first-order valence-corrected chi connectivity index (χ1v) is 8.56. The van der Waals surface area contributed by atoms with Crippen molar-refractivity contribution in [3.8, 4) is 5.75 Å². The van der Waals surface area contributed by atoms with Gasteiger partial charge in [0.25, 0.3) is 0 Å². The van der Waals surface area contributed by atoms with Crippen molar-refractivity contribution in [1.29, 1.82) is 0 Å². The molecule has 0 bridgehead atoms. The first kappa shape index (κ1) is 17.9. The topological polar surface area (TPSA) is 91.3 Å². The molecule has 2 rings (SSSR count). The molecule has 1 aromatic heterocycles. The Hall–Kier alpha value is -2.41. The third-order valence-electron chi connectivity index (χ3n) is 3.26. The van der Waals surface area contributed by atoms with Gasteiger partial charge in [0.1, 0.15) is 17.4 Å². The third-order valence-corrected chi connectivity index (χ3v) is 4.16. The number of amides is 1. The zero-order valence-electron chi connectivity index (χ0n) is 13.4. The zero-order valence-corrected chi connectivity index (χ0v) is 14.2. The Labute approximate surface area is 144 Å². The number of aromatic nitrogens is 1. The van der Waals surface area contributed by atoms with Gasteiger partial charge in [-0.05, 0) is 24.1 Å². The predicted octanol–water partition coefficient (Wildman–Crippen LogP) is 0.736. The maximum Gasteiger partial charge on any atom is 0.226 e. The smallest absolute Gasteiger partial charge is 0.226 e. The van der Waals surface area contributed by atoms with Gasteiger partial charge >= 0.3 is 0 Å². The van der Waals surface area contributed by atoms with Crippen molar-refractivity contribution in [3.63, 3.8) is 0 Å². The van der Waals surface area contributed by atoms with Gasteiger partial charge in [-0.15, -0.1) is 11.3 Å². The minimum absolute atomic E-state index is 0.128. The second-order valence-corrected chi connectivity index (χ2v) is 6.10. The molecule has 7 heteroatoms. The number of ether oxygens (including phenoxy) is 1. The Morgan fingerprint density at radius 3 is 2.67 bits per heavy atom. The van der Waals surface area contributed by atoms with Crippen molar-refractivity contribution in [2.24, 2.45) is 0 Å². The Balaban J connectivity index is 1.67. The average molecular weight is 347 g/mol. The molecule has 1 heterocycles. The number of hydrogen-bond donors (Lipinski definition) is 1. The lowest BCUT2D eigenvalue weighted by Gasteiger charge is -2.08. The van der Waals surface area contributed by atoms with Crippen LogP contribution in [0.5, 0.6) is 5.75 Å². The molecule has 1 N–H and O–H groups in total. The molecule has 0 saturated heterocycles. The molecule has 0 fully saturated rings. The maximum atomic E-state index is 11.8. The van der Waals surface area contributed by atoms with Crippen LogP contribution in [0.3, 0.4) is 0 Å². The standard InChI is InChI=1S/C17H20N2O4S/c1-2-12-3-5-14(6-4-12)23-8-7-18-15(20)10-16-19-13(11-24-16)9-17(21)22/h3-6,11H,2,7-10H2,1H3,(H,18,20)(H,21,22)/p-1. The molecule has 1 amide bonds. The van der Waals surface area contributed by atoms with Gasteiger partial charge in [0.15, 0.2) is 0 Å². The molecule has 0 unspecified atom stereocenters. The molecule has 1 aromatic carbocycles. The lowest BCUT2D eigenvalue weighted by Crippen LogP contribution is -2.29. The van der Waals surface area contributed by atoms with Crippen LogP contribution >= 0.6 is 11.3 Å². The summed E-state index contributed by atoms with van der Waals surface area (Å²) >= 11 is 1.27. The Morgan fingerprint density at radius 1 is 1.25 bits per heavy atom. The minimum atomic E-state index is -1.18. The van der Waals surface area contributed by atoms with Crippen molar-refractivity contribution in [3.05, 3.63) is 45.9 Å². The molecule has 0 atom stereocenters. The summed E-state index contributed by atoms with van der Waals surface area (Å²) in [5.41, 5.74) is 1.67. The van der Waals surface area contributed by atoms with E-state index in [1.165, 1.54) is 16.9 Å². The van der Waals surface area contributed by atoms with Gasteiger partial charge in [0.2, 0.25) is 5.91 Å². The Morgan fingerprint density at radius 2 is 2.00 bits per heavy atom. The SMILES string of the molecule is CCc1ccc(OCCNC(=O)Cc2nc(CC(=O)[O-])cs2)cc1. The van der Waals surface area contributed by atoms with Crippen LogP contribution in [0.4, 0.5) is 0 Å². The number of aliphatic carboxylic acids is 1. The van der Waals surface area contributed by atoms with Gasteiger partial charge < -0.3 is 20.0 Å².